The van der Waals surface area contributed by atoms with Gasteiger partial charge >= 0.3 is 0 Å². The lowest BCUT2D eigenvalue weighted by molar-refractivity contribution is 0.825. The number of aromatic amines is 1. The Morgan fingerprint density at radius 1 is 1.31 bits per heavy atom. The molecule has 82 valence electrons. The predicted molar refractivity (Wildman–Crippen MR) is 61.7 cm³/mol. The Balaban J connectivity index is 2.15. The second-order valence-corrected chi connectivity index (χ2v) is 3.38. The van der Waals surface area contributed by atoms with Gasteiger partial charge in [-0.05, 0) is 5.56 Å². The fourth-order valence-corrected chi connectivity index (χ4v) is 1.38. The average Bonchev–Trinajstić information content (AvgIpc) is 2.30. The van der Waals surface area contributed by atoms with E-state index in [1.165, 1.54) is 17.4 Å². The van der Waals surface area contributed by atoms with E-state index < -0.39 is 0 Å². The summed E-state index contributed by atoms with van der Waals surface area (Å²) in [6.45, 7) is 0.511. The number of benzene rings is 1. The molecule has 5 nitrogen and oxygen atoms in total. The third-order valence-corrected chi connectivity index (χ3v) is 2.15. The van der Waals surface area contributed by atoms with Gasteiger partial charge in [0.15, 0.2) is 0 Å². The molecule has 0 aliphatic carbocycles. The molecule has 0 saturated carbocycles. The van der Waals surface area contributed by atoms with Crippen LogP contribution in [-0.2, 0) is 6.54 Å². The van der Waals surface area contributed by atoms with Gasteiger partial charge in [-0.3, -0.25) is 9.80 Å². The van der Waals surface area contributed by atoms with Crippen LogP contribution in [0.1, 0.15) is 5.56 Å². The molecule has 1 aromatic carbocycles. The zero-order chi connectivity index (χ0) is 11.4. The summed E-state index contributed by atoms with van der Waals surface area (Å²) in [5.41, 5.74) is 0.848. The first-order valence-corrected chi connectivity index (χ1v) is 4.86. The van der Waals surface area contributed by atoms with E-state index in [1.807, 2.05) is 30.3 Å². The summed E-state index contributed by atoms with van der Waals surface area (Å²) < 4.78 is 0. The first-order chi connectivity index (χ1) is 7.75. The van der Waals surface area contributed by atoms with Crippen molar-refractivity contribution in [2.75, 3.05) is 5.01 Å². The molecule has 5 heteroatoms. The van der Waals surface area contributed by atoms with Crippen LogP contribution < -0.4 is 16.4 Å². The van der Waals surface area contributed by atoms with E-state index in [0.717, 1.165) is 5.56 Å². The van der Waals surface area contributed by atoms with Crippen LogP contribution in [-0.4, -0.2) is 9.97 Å². The van der Waals surface area contributed by atoms with Crippen molar-refractivity contribution < 1.29 is 0 Å². The van der Waals surface area contributed by atoms with Crippen LogP contribution >= 0.6 is 0 Å². The second-order valence-electron chi connectivity index (χ2n) is 3.38. The molecular formula is C11H12N4O. The smallest absolute Gasteiger partial charge is 0.252 e. The summed E-state index contributed by atoms with van der Waals surface area (Å²) in [5.74, 6) is 6.27. The number of rotatable bonds is 3. The first kappa shape index (κ1) is 10.4. The molecule has 0 aliphatic rings. The maximum Gasteiger partial charge on any atom is 0.252 e. The lowest BCUT2D eigenvalue weighted by atomic mass is 10.2. The molecule has 1 aromatic heterocycles. The number of aromatic nitrogens is 2. The van der Waals surface area contributed by atoms with Crippen molar-refractivity contribution in [1.82, 2.24) is 9.97 Å². The summed E-state index contributed by atoms with van der Waals surface area (Å²) in [6.07, 6.45) is 1.34. The van der Waals surface area contributed by atoms with Gasteiger partial charge in [-0.15, -0.1) is 0 Å². The molecule has 2 rings (SSSR count). The Morgan fingerprint density at radius 3 is 2.75 bits per heavy atom. The average molecular weight is 216 g/mol. The highest BCUT2D eigenvalue weighted by atomic mass is 16.1. The normalized spacial score (nSPS) is 10.1. The molecule has 0 atom stereocenters. The van der Waals surface area contributed by atoms with Crippen LogP contribution in [0.15, 0.2) is 47.5 Å². The zero-order valence-corrected chi connectivity index (χ0v) is 8.63. The first-order valence-electron chi connectivity index (χ1n) is 4.86. The lowest BCUT2D eigenvalue weighted by Gasteiger charge is -2.16. The quantitative estimate of drug-likeness (QED) is 0.583. The molecule has 0 amide bonds. The van der Waals surface area contributed by atoms with Crippen LogP contribution in [0, 0.1) is 0 Å². The van der Waals surface area contributed by atoms with Crippen molar-refractivity contribution in [1.29, 1.82) is 0 Å². The second kappa shape index (κ2) is 4.59. The predicted octanol–water partition coefficient (Wildman–Crippen LogP) is 0.650. The highest BCUT2D eigenvalue weighted by molar-refractivity contribution is 5.35. The number of nitrogens with two attached hydrogens (primary N) is 1. The van der Waals surface area contributed by atoms with Gasteiger partial charge in [-0.2, -0.15) is 0 Å². The zero-order valence-electron chi connectivity index (χ0n) is 8.63. The van der Waals surface area contributed by atoms with Gasteiger partial charge in [0.2, 0.25) is 0 Å². The van der Waals surface area contributed by atoms with Gasteiger partial charge in [0.25, 0.3) is 5.56 Å². The van der Waals surface area contributed by atoms with Crippen LogP contribution in [0.2, 0.25) is 0 Å². The van der Waals surface area contributed by atoms with E-state index >= 15 is 0 Å². The number of hydrogen-bond acceptors (Lipinski definition) is 4. The molecule has 0 spiro atoms. The topological polar surface area (TPSA) is 75.0 Å². The van der Waals surface area contributed by atoms with E-state index in [0.29, 0.717) is 12.4 Å². The van der Waals surface area contributed by atoms with Crippen molar-refractivity contribution in [3.8, 4) is 0 Å². The number of H-pyrrole nitrogens is 1. The summed E-state index contributed by atoms with van der Waals surface area (Å²) in [7, 11) is 0. The summed E-state index contributed by atoms with van der Waals surface area (Å²) >= 11 is 0. The molecule has 3 N–H and O–H groups in total. The van der Waals surface area contributed by atoms with Gasteiger partial charge in [0.1, 0.15) is 5.82 Å². The summed E-state index contributed by atoms with van der Waals surface area (Å²) in [6, 6.07) is 11.1. The minimum atomic E-state index is -0.214. The number of nitrogens with zero attached hydrogens (tertiary/aromatic N) is 2. The van der Waals surface area contributed by atoms with Crippen LogP contribution in [0.4, 0.5) is 5.82 Å². The Hall–Kier alpha value is -2.14. The van der Waals surface area contributed by atoms with E-state index in [4.69, 9.17) is 5.84 Å². The standard InChI is InChI=1S/C11H12N4O/c12-15(7-9-4-2-1-3-5-9)10-6-11(16)14-8-13-10/h1-6,8H,7,12H2,(H,13,14,16). The molecule has 0 saturated heterocycles. The summed E-state index contributed by atoms with van der Waals surface area (Å²) in [4.78, 5) is 17.5. The van der Waals surface area contributed by atoms with E-state index in [-0.39, 0.29) is 5.56 Å². The highest BCUT2D eigenvalue weighted by Crippen LogP contribution is 2.07. The Morgan fingerprint density at radius 2 is 2.06 bits per heavy atom. The third kappa shape index (κ3) is 2.46. The van der Waals surface area contributed by atoms with Gasteiger partial charge in [0, 0.05) is 6.07 Å². The maximum absolute atomic E-state index is 11.1. The molecule has 1 heterocycles. The fourth-order valence-electron chi connectivity index (χ4n) is 1.38. The minimum absolute atomic E-state index is 0.214. The van der Waals surface area contributed by atoms with Gasteiger partial charge in [-0.1, -0.05) is 30.3 Å². The summed E-state index contributed by atoms with van der Waals surface area (Å²) in [5, 5.41) is 1.44. The van der Waals surface area contributed by atoms with Crippen molar-refractivity contribution in [3.05, 3.63) is 58.6 Å². The van der Waals surface area contributed by atoms with E-state index in [9.17, 15) is 4.79 Å². The number of hydrazine groups is 1. The largest absolute Gasteiger partial charge is 0.313 e. The minimum Gasteiger partial charge on any atom is -0.313 e. The molecule has 0 aliphatic heterocycles. The molecule has 0 fully saturated rings. The number of nitrogens with one attached hydrogen (secondary N) is 1. The van der Waals surface area contributed by atoms with Crippen molar-refractivity contribution >= 4 is 5.82 Å². The van der Waals surface area contributed by atoms with Gasteiger partial charge < -0.3 is 4.98 Å². The maximum atomic E-state index is 11.1. The highest BCUT2D eigenvalue weighted by Gasteiger charge is 2.03. The lowest BCUT2D eigenvalue weighted by Crippen LogP contribution is -2.31. The molecule has 0 unspecified atom stereocenters. The van der Waals surface area contributed by atoms with Crippen LogP contribution in [0.5, 0.6) is 0 Å². The molecule has 2 aromatic rings. The Bertz CT molecular complexity index is 509. The van der Waals surface area contributed by atoms with E-state index in [1.54, 1.807) is 0 Å². The number of anilines is 1. The SMILES string of the molecule is NN(Cc1ccccc1)c1cc(=O)[nH]cn1. The number of hydrogen-bond donors (Lipinski definition) is 2. The Kier molecular flexibility index (Phi) is 2.98. The molecule has 0 bridgehead atoms. The molecule has 0 radical (unpaired) electrons. The van der Waals surface area contributed by atoms with Crippen molar-refractivity contribution in [3.63, 3.8) is 0 Å². The third-order valence-electron chi connectivity index (χ3n) is 2.15. The molecule has 16 heavy (non-hydrogen) atoms. The van der Waals surface area contributed by atoms with Crippen molar-refractivity contribution in [2.45, 2.75) is 6.54 Å². The fraction of sp³-hybridized carbons (Fsp3) is 0.0909. The van der Waals surface area contributed by atoms with Crippen LogP contribution in [0.3, 0.4) is 0 Å². The van der Waals surface area contributed by atoms with E-state index in [2.05, 4.69) is 9.97 Å². The van der Waals surface area contributed by atoms with Gasteiger partial charge in [0.05, 0.1) is 12.9 Å². The van der Waals surface area contributed by atoms with Crippen molar-refractivity contribution in [2.24, 2.45) is 5.84 Å². The molecular weight excluding hydrogens is 204 g/mol. The van der Waals surface area contributed by atoms with Gasteiger partial charge in [-0.25, -0.2) is 10.8 Å². The monoisotopic (exact) mass is 216 g/mol. The van der Waals surface area contributed by atoms with Crippen LogP contribution in [0.25, 0.3) is 0 Å². The Labute approximate surface area is 92.5 Å².